The van der Waals surface area contributed by atoms with E-state index in [2.05, 4.69) is 17.1 Å². The highest BCUT2D eigenvalue weighted by molar-refractivity contribution is 7.22. The number of amides is 2. The third-order valence-electron chi connectivity index (χ3n) is 7.35. The Bertz CT molecular complexity index is 1280. The normalized spacial score (nSPS) is 21.0. The number of carbonyl (C=O) groups is 2. The fourth-order valence-electron chi connectivity index (χ4n) is 5.42. The molecule has 1 N–H and O–H groups in total. The summed E-state index contributed by atoms with van der Waals surface area (Å²) in [6.07, 6.45) is 4.47. The number of anilines is 1. The number of nitrogens with zero attached hydrogens (tertiary/aromatic N) is 5. The summed E-state index contributed by atoms with van der Waals surface area (Å²) in [6.45, 7) is 14.2. The highest BCUT2D eigenvalue weighted by atomic mass is 32.1. The molecule has 2 aliphatic rings. The van der Waals surface area contributed by atoms with Crippen LogP contribution in [-0.4, -0.2) is 68.1 Å². The standard InChI is InChI=1S/C27H36N6O2S/c1-18-9-11-19(12-10-18)23(34)29-25-28-22-21(36-25)20(30-33(22)26(2,3)4)24(35)32-16-8-13-27(32,5)17-31-14-6-7-15-31/h9-12H,6-8,13-17H2,1-5H3,(H,28,29,34). The van der Waals surface area contributed by atoms with Gasteiger partial charge in [-0.25, -0.2) is 4.68 Å². The molecule has 1 unspecified atom stereocenters. The van der Waals surface area contributed by atoms with Crippen molar-refractivity contribution in [3.05, 3.63) is 41.1 Å². The van der Waals surface area contributed by atoms with Gasteiger partial charge in [0.1, 0.15) is 4.70 Å². The van der Waals surface area contributed by atoms with Gasteiger partial charge in [-0.3, -0.25) is 14.9 Å². The van der Waals surface area contributed by atoms with Crippen LogP contribution >= 0.6 is 11.3 Å². The highest BCUT2D eigenvalue weighted by Gasteiger charge is 2.43. The molecule has 2 saturated heterocycles. The molecule has 9 heteroatoms. The third-order valence-corrected chi connectivity index (χ3v) is 8.32. The number of carbonyl (C=O) groups excluding carboxylic acids is 2. The van der Waals surface area contributed by atoms with Crippen LogP contribution in [0.5, 0.6) is 0 Å². The Morgan fingerprint density at radius 2 is 1.78 bits per heavy atom. The lowest BCUT2D eigenvalue weighted by Gasteiger charge is -2.38. The van der Waals surface area contributed by atoms with Gasteiger partial charge in [0.2, 0.25) is 0 Å². The fourth-order valence-corrected chi connectivity index (χ4v) is 6.34. The van der Waals surface area contributed by atoms with Crippen LogP contribution in [0.3, 0.4) is 0 Å². The Labute approximate surface area is 216 Å². The predicted octanol–water partition coefficient (Wildman–Crippen LogP) is 4.90. The zero-order valence-electron chi connectivity index (χ0n) is 21.9. The molecule has 3 aromatic rings. The van der Waals surface area contributed by atoms with E-state index in [-0.39, 0.29) is 22.9 Å². The maximum atomic E-state index is 14.0. The summed E-state index contributed by atoms with van der Waals surface area (Å²) in [5, 5.41) is 8.20. The molecule has 2 fully saturated rings. The summed E-state index contributed by atoms with van der Waals surface area (Å²) in [4.78, 5) is 36.1. The zero-order chi connectivity index (χ0) is 25.7. The van der Waals surface area contributed by atoms with Crippen LogP contribution in [0.1, 0.15) is 79.8 Å². The van der Waals surface area contributed by atoms with Gasteiger partial charge >= 0.3 is 0 Å². The highest BCUT2D eigenvalue weighted by Crippen LogP contribution is 2.37. The molecule has 0 aliphatic carbocycles. The van der Waals surface area contributed by atoms with Crippen LogP contribution in [-0.2, 0) is 5.54 Å². The lowest BCUT2D eigenvalue weighted by Crippen LogP contribution is -2.52. The molecule has 2 amide bonds. The van der Waals surface area contributed by atoms with Crippen molar-refractivity contribution in [2.45, 2.75) is 71.4 Å². The van der Waals surface area contributed by atoms with E-state index in [1.54, 1.807) is 12.1 Å². The molecule has 5 rings (SSSR count). The minimum absolute atomic E-state index is 0.0396. The monoisotopic (exact) mass is 508 g/mol. The molecule has 1 aromatic carbocycles. The number of hydrogen-bond donors (Lipinski definition) is 1. The lowest BCUT2D eigenvalue weighted by atomic mass is 9.97. The number of aryl methyl sites for hydroxylation is 1. The van der Waals surface area contributed by atoms with Gasteiger partial charge in [-0.2, -0.15) is 10.1 Å². The van der Waals surface area contributed by atoms with Gasteiger partial charge in [-0.15, -0.1) is 0 Å². The van der Waals surface area contributed by atoms with Crippen LogP contribution in [0.25, 0.3) is 10.3 Å². The first-order valence-corrected chi connectivity index (χ1v) is 13.7. The summed E-state index contributed by atoms with van der Waals surface area (Å²) in [5.41, 5.74) is 2.17. The van der Waals surface area contributed by atoms with E-state index in [1.165, 1.54) is 24.2 Å². The van der Waals surface area contributed by atoms with Crippen LogP contribution in [0, 0.1) is 6.92 Å². The third kappa shape index (κ3) is 4.66. The molecule has 4 heterocycles. The number of hydrogen-bond acceptors (Lipinski definition) is 6. The van der Waals surface area contributed by atoms with Gasteiger partial charge in [0.05, 0.1) is 11.1 Å². The van der Waals surface area contributed by atoms with Crippen molar-refractivity contribution in [3.63, 3.8) is 0 Å². The Kier molecular flexibility index (Phi) is 6.41. The molecule has 8 nitrogen and oxygen atoms in total. The van der Waals surface area contributed by atoms with Crippen LogP contribution in [0.4, 0.5) is 5.13 Å². The van der Waals surface area contributed by atoms with Gasteiger partial charge in [-0.1, -0.05) is 29.0 Å². The first-order valence-electron chi connectivity index (χ1n) is 12.9. The van der Waals surface area contributed by atoms with Gasteiger partial charge in [0.25, 0.3) is 11.8 Å². The second-order valence-corrected chi connectivity index (χ2v) is 12.5. The Morgan fingerprint density at radius 1 is 1.08 bits per heavy atom. The second kappa shape index (κ2) is 9.27. The van der Waals surface area contributed by atoms with Crippen molar-refractivity contribution in [3.8, 4) is 0 Å². The summed E-state index contributed by atoms with van der Waals surface area (Å²) < 4.78 is 2.55. The van der Waals surface area contributed by atoms with Crippen molar-refractivity contribution in [1.82, 2.24) is 24.6 Å². The van der Waals surface area contributed by atoms with E-state index in [4.69, 9.17) is 10.1 Å². The second-order valence-electron chi connectivity index (χ2n) is 11.5. The van der Waals surface area contributed by atoms with Crippen molar-refractivity contribution in [2.75, 3.05) is 31.5 Å². The van der Waals surface area contributed by atoms with Crippen molar-refractivity contribution in [2.24, 2.45) is 0 Å². The summed E-state index contributed by atoms with van der Waals surface area (Å²) in [7, 11) is 0. The molecule has 2 aliphatic heterocycles. The molecule has 0 bridgehead atoms. The number of aromatic nitrogens is 3. The van der Waals surface area contributed by atoms with Gasteiger partial charge in [0.15, 0.2) is 16.5 Å². The zero-order valence-corrected chi connectivity index (χ0v) is 22.7. The van der Waals surface area contributed by atoms with Crippen molar-refractivity contribution < 1.29 is 9.59 Å². The maximum absolute atomic E-state index is 14.0. The molecular formula is C27H36N6O2S. The summed E-state index contributed by atoms with van der Waals surface area (Å²) in [5.74, 6) is -0.255. The number of thiazole rings is 1. The van der Waals surface area contributed by atoms with Gasteiger partial charge in [-0.05, 0) is 85.5 Å². The lowest BCUT2D eigenvalue weighted by molar-refractivity contribution is 0.0548. The van der Waals surface area contributed by atoms with Gasteiger partial charge < -0.3 is 9.80 Å². The SMILES string of the molecule is Cc1ccc(C(=O)Nc2nc3c(s2)c(C(=O)N2CCCC2(C)CN2CCCC2)nn3C(C)(C)C)cc1. The van der Waals surface area contributed by atoms with Gasteiger partial charge in [0, 0.05) is 18.7 Å². The molecule has 0 radical (unpaired) electrons. The molecule has 36 heavy (non-hydrogen) atoms. The number of likely N-dealkylation sites (tertiary alicyclic amines) is 2. The predicted molar refractivity (Wildman–Crippen MR) is 144 cm³/mol. The fraction of sp³-hybridized carbons (Fsp3) is 0.556. The minimum atomic E-state index is -0.368. The maximum Gasteiger partial charge on any atom is 0.276 e. The summed E-state index contributed by atoms with van der Waals surface area (Å²) >= 11 is 1.32. The minimum Gasteiger partial charge on any atom is -0.331 e. The Morgan fingerprint density at radius 3 is 2.44 bits per heavy atom. The number of benzene rings is 1. The molecule has 2 aromatic heterocycles. The first-order chi connectivity index (χ1) is 17.0. The van der Waals surface area contributed by atoms with E-state index in [0.29, 0.717) is 22.0 Å². The van der Waals surface area contributed by atoms with E-state index in [0.717, 1.165) is 49.3 Å². The smallest absolute Gasteiger partial charge is 0.276 e. The van der Waals surface area contributed by atoms with Crippen LogP contribution < -0.4 is 5.32 Å². The van der Waals surface area contributed by atoms with E-state index in [9.17, 15) is 9.59 Å². The molecule has 1 atom stereocenters. The number of rotatable bonds is 5. The van der Waals surface area contributed by atoms with Crippen molar-refractivity contribution in [1.29, 1.82) is 0 Å². The largest absolute Gasteiger partial charge is 0.331 e. The average molecular weight is 509 g/mol. The number of fused-ring (bicyclic) bond motifs is 1. The van der Waals surface area contributed by atoms with Crippen molar-refractivity contribution >= 4 is 38.6 Å². The average Bonchev–Trinajstić information content (AvgIpc) is 3.58. The molecule has 0 saturated carbocycles. The first kappa shape index (κ1) is 24.9. The molecule has 0 spiro atoms. The summed E-state index contributed by atoms with van der Waals surface area (Å²) in [6, 6.07) is 7.43. The van der Waals surface area contributed by atoms with E-state index >= 15 is 0 Å². The Hall–Kier alpha value is -2.78. The molecular weight excluding hydrogens is 472 g/mol. The molecule has 192 valence electrons. The number of nitrogens with one attached hydrogen (secondary N) is 1. The van der Waals surface area contributed by atoms with Crippen LogP contribution in [0.15, 0.2) is 24.3 Å². The quantitative estimate of drug-likeness (QED) is 0.530. The Balaban J connectivity index is 1.47. The van der Waals surface area contributed by atoms with Crippen LogP contribution in [0.2, 0.25) is 0 Å². The topological polar surface area (TPSA) is 83.4 Å². The van der Waals surface area contributed by atoms with E-state index in [1.807, 2.05) is 49.4 Å². The van der Waals surface area contributed by atoms with E-state index < -0.39 is 0 Å².